The molecule has 4 aromatic rings. The molecule has 0 aliphatic carbocycles. The number of methoxy groups -OCH3 is 1. The zero-order valence-electron chi connectivity index (χ0n) is 16.2. The average molecular weight is 424 g/mol. The van der Waals surface area contributed by atoms with Crippen LogP contribution in [-0.2, 0) is 24.3 Å². The number of hydrogen-bond donors (Lipinski definition) is 0. The van der Waals surface area contributed by atoms with Crippen LogP contribution >= 0.6 is 23.1 Å². The second-order valence-electron chi connectivity index (χ2n) is 7.04. The summed E-state index contributed by atoms with van der Waals surface area (Å²) in [6, 6.07) is 10.4. The molecule has 0 amide bonds. The quantitative estimate of drug-likeness (QED) is 0.422. The van der Waals surface area contributed by atoms with Gasteiger partial charge in [0.25, 0.3) is 0 Å². The highest BCUT2D eigenvalue weighted by molar-refractivity contribution is 7.99. The van der Waals surface area contributed by atoms with Crippen LogP contribution in [0.3, 0.4) is 0 Å². The number of benzene rings is 1. The summed E-state index contributed by atoms with van der Waals surface area (Å²) in [4.78, 5) is 10.6. The maximum Gasteiger partial charge on any atom is 0.197 e. The molecule has 3 aromatic heterocycles. The number of rotatable bonds is 5. The van der Waals surface area contributed by atoms with Gasteiger partial charge in [-0.25, -0.2) is 9.97 Å². The summed E-state index contributed by atoms with van der Waals surface area (Å²) in [5.41, 5.74) is 2.33. The number of aromatic nitrogens is 5. The molecule has 0 fully saturated rings. The molecule has 0 N–H and O–H groups in total. The number of fused-ring (bicyclic) bond motifs is 2. The first-order valence-corrected chi connectivity index (χ1v) is 11.5. The fourth-order valence-electron chi connectivity index (χ4n) is 3.67. The van der Waals surface area contributed by atoms with Gasteiger partial charge in [0.05, 0.1) is 5.39 Å². The van der Waals surface area contributed by atoms with Gasteiger partial charge in [0.15, 0.2) is 11.0 Å². The Morgan fingerprint density at radius 2 is 2.00 bits per heavy atom. The standard InChI is InChI=1S/C21H21N5OS2/c1-27-12-16-22-19-18(15(13-28-19)14-8-4-2-5-9-14)20(23-16)29-21-25-24-17-10-6-3-7-11-26(17)21/h2,4-5,8-9,13H,3,6-7,10-12H2,1H3. The van der Waals surface area contributed by atoms with Crippen LogP contribution in [0.4, 0.5) is 0 Å². The molecule has 1 aliphatic heterocycles. The van der Waals surface area contributed by atoms with Crippen molar-refractivity contribution in [2.75, 3.05) is 7.11 Å². The topological polar surface area (TPSA) is 65.7 Å². The van der Waals surface area contributed by atoms with Gasteiger partial charge < -0.3 is 9.30 Å². The Bertz CT molecular complexity index is 1140. The molecule has 0 saturated carbocycles. The molecule has 1 aromatic carbocycles. The summed E-state index contributed by atoms with van der Waals surface area (Å²) >= 11 is 3.24. The first-order valence-electron chi connectivity index (χ1n) is 9.76. The van der Waals surface area contributed by atoms with Crippen molar-refractivity contribution in [3.63, 3.8) is 0 Å². The summed E-state index contributed by atoms with van der Waals surface area (Å²) in [7, 11) is 1.67. The molecule has 1 aliphatic rings. The number of aryl methyl sites for hydroxylation is 1. The smallest absolute Gasteiger partial charge is 0.197 e. The summed E-state index contributed by atoms with van der Waals surface area (Å²) in [5, 5.41) is 14.0. The number of thiophene rings is 1. The molecule has 29 heavy (non-hydrogen) atoms. The highest BCUT2D eigenvalue weighted by Crippen LogP contribution is 2.40. The Morgan fingerprint density at radius 3 is 2.86 bits per heavy atom. The molecule has 6 nitrogen and oxygen atoms in total. The normalized spacial score (nSPS) is 14.1. The van der Waals surface area contributed by atoms with E-state index in [2.05, 4.69) is 44.4 Å². The molecular formula is C21H21N5OS2. The maximum atomic E-state index is 5.30. The third-order valence-corrected chi connectivity index (χ3v) is 6.91. The molecule has 0 atom stereocenters. The van der Waals surface area contributed by atoms with Crippen molar-refractivity contribution in [3.05, 3.63) is 47.4 Å². The van der Waals surface area contributed by atoms with E-state index in [-0.39, 0.29) is 0 Å². The van der Waals surface area contributed by atoms with Crippen molar-refractivity contribution in [3.8, 4) is 11.1 Å². The zero-order chi connectivity index (χ0) is 19.6. The highest BCUT2D eigenvalue weighted by atomic mass is 32.2. The van der Waals surface area contributed by atoms with Gasteiger partial charge in [-0.2, -0.15) is 0 Å². The maximum absolute atomic E-state index is 5.30. The summed E-state index contributed by atoms with van der Waals surface area (Å²) in [5.74, 6) is 1.78. The summed E-state index contributed by atoms with van der Waals surface area (Å²) in [6.45, 7) is 1.36. The molecule has 148 valence electrons. The van der Waals surface area contributed by atoms with Crippen molar-refractivity contribution >= 4 is 33.3 Å². The lowest BCUT2D eigenvalue weighted by atomic mass is 10.1. The molecule has 0 bridgehead atoms. The molecule has 0 spiro atoms. The Labute approximate surface area is 177 Å². The first kappa shape index (κ1) is 18.7. The SMILES string of the molecule is COCc1nc(Sc2nnc3n2CCCCC3)c2c(-c3ccccc3)csc2n1. The van der Waals surface area contributed by atoms with E-state index in [1.165, 1.54) is 24.8 Å². The lowest BCUT2D eigenvalue weighted by Gasteiger charge is -2.09. The van der Waals surface area contributed by atoms with Crippen molar-refractivity contribution in [2.45, 2.75) is 49.0 Å². The lowest BCUT2D eigenvalue weighted by molar-refractivity contribution is 0.177. The summed E-state index contributed by atoms with van der Waals surface area (Å²) < 4.78 is 7.56. The van der Waals surface area contributed by atoms with Gasteiger partial charge in [-0.1, -0.05) is 36.8 Å². The number of ether oxygens (including phenoxy) is 1. The van der Waals surface area contributed by atoms with Gasteiger partial charge in [-0.05, 0) is 30.2 Å². The zero-order valence-corrected chi connectivity index (χ0v) is 17.8. The number of hydrogen-bond acceptors (Lipinski definition) is 7. The predicted molar refractivity (Wildman–Crippen MR) is 115 cm³/mol. The van der Waals surface area contributed by atoms with Crippen molar-refractivity contribution in [1.29, 1.82) is 0 Å². The van der Waals surface area contributed by atoms with Crippen LogP contribution < -0.4 is 0 Å². The minimum absolute atomic E-state index is 0.389. The fraction of sp³-hybridized carbons (Fsp3) is 0.333. The van der Waals surface area contributed by atoms with Gasteiger partial charge in [-0.3, -0.25) is 0 Å². The summed E-state index contributed by atoms with van der Waals surface area (Å²) in [6.07, 6.45) is 4.59. The van der Waals surface area contributed by atoms with E-state index in [1.807, 2.05) is 6.07 Å². The van der Waals surface area contributed by atoms with E-state index in [9.17, 15) is 0 Å². The minimum atomic E-state index is 0.389. The Kier molecular flexibility index (Phi) is 5.30. The van der Waals surface area contributed by atoms with E-state index >= 15 is 0 Å². The third-order valence-electron chi connectivity index (χ3n) is 5.07. The van der Waals surface area contributed by atoms with Crippen LogP contribution in [0.2, 0.25) is 0 Å². The average Bonchev–Trinajstić information content (AvgIpc) is 3.25. The van der Waals surface area contributed by atoms with Gasteiger partial charge in [0.1, 0.15) is 22.3 Å². The minimum Gasteiger partial charge on any atom is -0.377 e. The van der Waals surface area contributed by atoms with Crippen LogP contribution in [0.1, 0.15) is 30.9 Å². The third kappa shape index (κ3) is 3.68. The van der Waals surface area contributed by atoms with Crippen LogP contribution in [0.15, 0.2) is 45.9 Å². The Morgan fingerprint density at radius 1 is 1.10 bits per heavy atom. The van der Waals surface area contributed by atoms with Gasteiger partial charge in [-0.15, -0.1) is 21.5 Å². The Hall–Kier alpha value is -2.29. The molecular weight excluding hydrogens is 402 g/mol. The van der Waals surface area contributed by atoms with E-state index in [0.29, 0.717) is 12.4 Å². The van der Waals surface area contributed by atoms with Gasteiger partial charge >= 0.3 is 0 Å². The van der Waals surface area contributed by atoms with Crippen molar-refractivity contribution in [2.24, 2.45) is 0 Å². The van der Waals surface area contributed by atoms with E-state index in [0.717, 1.165) is 44.8 Å². The monoisotopic (exact) mass is 423 g/mol. The molecule has 5 rings (SSSR count). The van der Waals surface area contributed by atoms with E-state index in [1.54, 1.807) is 30.2 Å². The van der Waals surface area contributed by atoms with Crippen LogP contribution in [0.25, 0.3) is 21.3 Å². The highest BCUT2D eigenvalue weighted by Gasteiger charge is 2.21. The second kappa shape index (κ2) is 8.22. The molecule has 0 unspecified atom stereocenters. The van der Waals surface area contributed by atoms with Crippen molar-refractivity contribution < 1.29 is 4.74 Å². The lowest BCUT2D eigenvalue weighted by Crippen LogP contribution is -2.03. The first-order chi connectivity index (χ1) is 14.3. The van der Waals surface area contributed by atoms with Gasteiger partial charge in [0, 0.05) is 31.0 Å². The van der Waals surface area contributed by atoms with E-state index in [4.69, 9.17) is 14.7 Å². The predicted octanol–water partition coefficient (Wildman–Crippen LogP) is 4.97. The van der Waals surface area contributed by atoms with Crippen LogP contribution in [0.5, 0.6) is 0 Å². The Balaban J connectivity index is 1.63. The number of nitrogens with zero attached hydrogens (tertiary/aromatic N) is 5. The van der Waals surface area contributed by atoms with Gasteiger partial charge in [0.2, 0.25) is 0 Å². The molecule has 0 radical (unpaired) electrons. The molecule has 4 heterocycles. The fourth-order valence-corrected chi connectivity index (χ4v) is 5.72. The van der Waals surface area contributed by atoms with Crippen LogP contribution in [0, 0.1) is 0 Å². The van der Waals surface area contributed by atoms with Crippen LogP contribution in [-0.4, -0.2) is 31.8 Å². The molecule has 0 saturated heterocycles. The molecule has 8 heteroatoms. The van der Waals surface area contributed by atoms with Crippen molar-refractivity contribution in [1.82, 2.24) is 24.7 Å². The largest absolute Gasteiger partial charge is 0.377 e. The second-order valence-corrected chi connectivity index (χ2v) is 8.85. The van der Waals surface area contributed by atoms with E-state index < -0.39 is 0 Å².